The van der Waals surface area contributed by atoms with Crippen LogP contribution in [0.4, 0.5) is 13.2 Å². The summed E-state index contributed by atoms with van der Waals surface area (Å²) in [6.45, 7) is 0.156. The van der Waals surface area contributed by atoms with Crippen LogP contribution in [-0.2, 0) is 9.47 Å². The van der Waals surface area contributed by atoms with E-state index in [1.54, 1.807) is 0 Å². The molecular formula is C9H12F3NO2. The van der Waals surface area contributed by atoms with Gasteiger partial charge in [0, 0.05) is 6.61 Å². The SMILES string of the molecule is N#CC(COCC1CCCO1)C(F)(F)F. The number of ether oxygens (including phenoxy) is 2. The molecule has 1 saturated heterocycles. The molecule has 1 aliphatic rings. The lowest BCUT2D eigenvalue weighted by molar-refractivity contribution is -0.173. The Hall–Kier alpha value is -0.800. The van der Waals surface area contributed by atoms with Crippen molar-refractivity contribution < 1.29 is 22.6 Å². The lowest BCUT2D eigenvalue weighted by atomic mass is 10.2. The van der Waals surface area contributed by atoms with E-state index in [-0.39, 0.29) is 12.7 Å². The zero-order valence-electron chi connectivity index (χ0n) is 8.09. The van der Waals surface area contributed by atoms with E-state index in [1.165, 1.54) is 6.07 Å². The van der Waals surface area contributed by atoms with Gasteiger partial charge >= 0.3 is 6.18 Å². The normalized spacial score (nSPS) is 23.7. The molecule has 0 spiro atoms. The van der Waals surface area contributed by atoms with Crippen LogP contribution in [0.5, 0.6) is 0 Å². The molecule has 0 saturated carbocycles. The van der Waals surface area contributed by atoms with Crippen LogP contribution in [0, 0.1) is 17.2 Å². The van der Waals surface area contributed by atoms with Gasteiger partial charge in [0.1, 0.15) is 0 Å². The minimum atomic E-state index is -4.51. The molecule has 1 fully saturated rings. The zero-order chi connectivity index (χ0) is 11.3. The molecule has 0 radical (unpaired) electrons. The maximum absolute atomic E-state index is 12.1. The molecular weight excluding hydrogens is 211 g/mol. The molecule has 1 rings (SSSR count). The van der Waals surface area contributed by atoms with E-state index in [0.29, 0.717) is 6.61 Å². The molecule has 6 heteroatoms. The molecule has 0 aromatic heterocycles. The monoisotopic (exact) mass is 223 g/mol. The van der Waals surface area contributed by atoms with Crippen molar-refractivity contribution >= 4 is 0 Å². The van der Waals surface area contributed by atoms with Crippen molar-refractivity contribution in [1.29, 1.82) is 5.26 Å². The van der Waals surface area contributed by atoms with Crippen LogP contribution < -0.4 is 0 Å². The molecule has 0 aromatic carbocycles. The summed E-state index contributed by atoms with van der Waals surface area (Å²) in [5.41, 5.74) is 0. The van der Waals surface area contributed by atoms with Crippen LogP contribution in [0.15, 0.2) is 0 Å². The summed E-state index contributed by atoms with van der Waals surface area (Å²) in [6.07, 6.45) is -2.90. The third-order valence-corrected chi connectivity index (χ3v) is 2.16. The number of halogens is 3. The number of hydrogen-bond donors (Lipinski definition) is 0. The van der Waals surface area contributed by atoms with Crippen LogP contribution >= 0.6 is 0 Å². The largest absolute Gasteiger partial charge is 0.406 e. The summed E-state index contributed by atoms with van der Waals surface area (Å²) in [5, 5.41) is 8.27. The molecule has 0 aliphatic carbocycles. The Labute approximate surface area is 85.8 Å². The molecule has 0 aromatic rings. The third-order valence-electron chi connectivity index (χ3n) is 2.16. The molecule has 0 N–H and O–H groups in total. The van der Waals surface area contributed by atoms with Gasteiger partial charge in [0.25, 0.3) is 0 Å². The third kappa shape index (κ3) is 4.06. The summed E-state index contributed by atoms with van der Waals surface area (Å²) < 4.78 is 46.3. The highest BCUT2D eigenvalue weighted by Gasteiger charge is 2.40. The highest BCUT2D eigenvalue weighted by Crippen LogP contribution is 2.26. The van der Waals surface area contributed by atoms with E-state index < -0.39 is 18.7 Å². The highest BCUT2D eigenvalue weighted by atomic mass is 19.4. The minimum Gasteiger partial charge on any atom is -0.377 e. The van der Waals surface area contributed by atoms with Gasteiger partial charge in [0.05, 0.1) is 25.4 Å². The molecule has 1 heterocycles. The first kappa shape index (κ1) is 12.3. The van der Waals surface area contributed by atoms with Crippen LogP contribution in [0.1, 0.15) is 12.8 Å². The van der Waals surface area contributed by atoms with Gasteiger partial charge in [0.2, 0.25) is 0 Å². The predicted octanol–water partition coefficient (Wildman–Crippen LogP) is 1.88. The van der Waals surface area contributed by atoms with Gasteiger partial charge in [-0.25, -0.2) is 0 Å². The summed E-state index contributed by atoms with van der Waals surface area (Å²) >= 11 is 0. The fourth-order valence-corrected chi connectivity index (χ4v) is 1.30. The van der Waals surface area contributed by atoms with Gasteiger partial charge in [-0.2, -0.15) is 18.4 Å². The zero-order valence-corrected chi connectivity index (χ0v) is 8.09. The van der Waals surface area contributed by atoms with Crippen molar-refractivity contribution in [1.82, 2.24) is 0 Å². The second kappa shape index (κ2) is 5.33. The number of nitriles is 1. The number of hydrogen-bond acceptors (Lipinski definition) is 3. The molecule has 2 unspecified atom stereocenters. The Balaban J connectivity index is 2.20. The minimum absolute atomic E-state index is 0.113. The van der Waals surface area contributed by atoms with E-state index in [2.05, 4.69) is 0 Å². The first-order valence-electron chi connectivity index (χ1n) is 4.69. The Morgan fingerprint density at radius 3 is 2.73 bits per heavy atom. The fraction of sp³-hybridized carbons (Fsp3) is 0.889. The van der Waals surface area contributed by atoms with Crippen molar-refractivity contribution in [2.75, 3.05) is 19.8 Å². The Bertz CT molecular complexity index is 230. The number of alkyl halides is 3. The number of nitrogens with zero attached hydrogens (tertiary/aromatic N) is 1. The maximum atomic E-state index is 12.1. The van der Waals surface area contributed by atoms with Crippen molar-refractivity contribution in [2.45, 2.75) is 25.1 Å². The van der Waals surface area contributed by atoms with Crippen molar-refractivity contribution in [2.24, 2.45) is 5.92 Å². The lowest BCUT2D eigenvalue weighted by Crippen LogP contribution is -2.27. The lowest BCUT2D eigenvalue weighted by Gasteiger charge is -2.15. The van der Waals surface area contributed by atoms with Crippen molar-refractivity contribution in [3.8, 4) is 6.07 Å². The average molecular weight is 223 g/mol. The smallest absolute Gasteiger partial charge is 0.377 e. The van der Waals surface area contributed by atoms with Crippen LogP contribution in [0.25, 0.3) is 0 Å². The molecule has 2 atom stereocenters. The van der Waals surface area contributed by atoms with Gasteiger partial charge in [-0.1, -0.05) is 0 Å². The van der Waals surface area contributed by atoms with Crippen LogP contribution in [-0.4, -0.2) is 32.1 Å². The topological polar surface area (TPSA) is 42.2 Å². The average Bonchev–Trinajstić information content (AvgIpc) is 2.62. The standard InChI is InChI=1S/C9H12F3NO2/c10-9(11,12)7(4-13)5-14-6-8-2-1-3-15-8/h7-8H,1-3,5-6H2. The van der Waals surface area contributed by atoms with E-state index >= 15 is 0 Å². The Morgan fingerprint density at radius 2 is 2.27 bits per heavy atom. The Kier molecular flexibility index (Phi) is 4.36. The summed E-state index contributed by atoms with van der Waals surface area (Å²) in [4.78, 5) is 0. The second-order valence-corrected chi connectivity index (χ2v) is 3.40. The van der Waals surface area contributed by atoms with Gasteiger partial charge in [-0.15, -0.1) is 0 Å². The first-order chi connectivity index (χ1) is 7.04. The summed E-state index contributed by atoms with van der Waals surface area (Å²) in [7, 11) is 0. The molecule has 3 nitrogen and oxygen atoms in total. The molecule has 86 valence electrons. The molecule has 0 bridgehead atoms. The van der Waals surface area contributed by atoms with E-state index in [0.717, 1.165) is 12.8 Å². The van der Waals surface area contributed by atoms with Gasteiger partial charge < -0.3 is 9.47 Å². The molecule has 1 aliphatic heterocycles. The maximum Gasteiger partial charge on any atom is 0.406 e. The summed E-state index contributed by atoms with van der Waals surface area (Å²) in [6, 6.07) is 1.18. The molecule has 15 heavy (non-hydrogen) atoms. The van der Waals surface area contributed by atoms with Gasteiger partial charge in [0.15, 0.2) is 5.92 Å². The van der Waals surface area contributed by atoms with Gasteiger partial charge in [-0.3, -0.25) is 0 Å². The van der Waals surface area contributed by atoms with Crippen LogP contribution in [0.2, 0.25) is 0 Å². The van der Waals surface area contributed by atoms with E-state index in [9.17, 15) is 13.2 Å². The van der Waals surface area contributed by atoms with Crippen molar-refractivity contribution in [3.05, 3.63) is 0 Å². The highest BCUT2D eigenvalue weighted by molar-refractivity contribution is 4.88. The van der Waals surface area contributed by atoms with E-state index in [4.69, 9.17) is 14.7 Å². The first-order valence-corrected chi connectivity index (χ1v) is 4.69. The molecule has 0 amide bonds. The Morgan fingerprint density at radius 1 is 1.53 bits per heavy atom. The van der Waals surface area contributed by atoms with Crippen molar-refractivity contribution in [3.63, 3.8) is 0 Å². The number of rotatable bonds is 4. The van der Waals surface area contributed by atoms with Crippen LogP contribution in [0.3, 0.4) is 0 Å². The van der Waals surface area contributed by atoms with E-state index in [1.807, 2.05) is 0 Å². The fourth-order valence-electron chi connectivity index (χ4n) is 1.30. The summed E-state index contributed by atoms with van der Waals surface area (Å²) in [5.74, 6) is -2.04. The van der Waals surface area contributed by atoms with Gasteiger partial charge in [-0.05, 0) is 12.8 Å². The second-order valence-electron chi connectivity index (χ2n) is 3.40. The predicted molar refractivity (Wildman–Crippen MR) is 45.0 cm³/mol. The quantitative estimate of drug-likeness (QED) is 0.730.